The molecule has 0 radical (unpaired) electrons. The Morgan fingerprint density at radius 2 is 1.98 bits per heavy atom. The summed E-state index contributed by atoms with van der Waals surface area (Å²) in [6.07, 6.45) is 5.81. The Labute approximate surface area is 232 Å². The summed E-state index contributed by atoms with van der Waals surface area (Å²) in [7, 11) is -2.36. The third kappa shape index (κ3) is 5.69. The molecular weight excluding hydrogens is 534 g/mol. The molecule has 1 unspecified atom stereocenters. The number of benzene rings is 1. The molecule has 1 atom stereocenters. The maximum Gasteiger partial charge on any atom is 0.267 e. The number of carbonyl (C=O) groups is 1. The molecule has 4 heterocycles. The van der Waals surface area contributed by atoms with Gasteiger partial charge in [0, 0.05) is 44.3 Å². The van der Waals surface area contributed by atoms with Crippen molar-refractivity contribution >= 4 is 21.9 Å². The average molecular weight is 566 g/mol. The lowest BCUT2D eigenvalue weighted by Crippen LogP contribution is -2.31. The van der Waals surface area contributed by atoms with E-state index in [1.165, 1.54) is 23.3 Å². The maximum absolute atomic E-state index is 13.1. The molecule has 12 nitrogen and oxygen atoms in total. The van der Waals surface area contributed by atoms with Crippen LogP contribution < -0.4 is 9.46 Å². The maximum atomic E-state index is 13.1. The van der Waals surface area contributed by atoms with E-state index in [1.54, 1.807) is 18.0 Å². The number of aromatic nitrogens is 5. The first-order valence-corrected chi connectivity index (χ1v) is 14.5. The van der Waals surface area contributed by atoms with Gasteiger partial charge in [-0.1, -0.05) is 30.3 Å². The van der Waals surface area contributed by atoms with Crippen molar-refractivity contribution in [3.05, 3.63) is 65.3 Å². The fraction of sp³-hybridized carbons (Fsp3) is 0.370. The molecule has 1 aliphatic heterocycles. The monoisotopic (exact) mass is 565 g/mol. The van der Waals surface area contributed by atoms with Gasteiger partial charge in [0.05, 0.1) is 24.6 Å². The molecule has 13 heteroatoms. The highest BCUT2D eigenvalue weighted by atomic mass is 32.2. The zero-order valence-electron chi connectivity index (χ0n) is 22.8. The molecule has 1 fully saturated rings. The summed E-state index contributed by atoms with van der Waals surface area (Å²) in [5.41, 5.74) is 3.79. The van der Waals surface area contributed by atoms with Gasteiger partial charge in [0.25, 0.3) is 15.9 Å². The van der Waals surface area contributed by atoms with E-state index in [1.807, 2.05) is 39.0 Å². The first-order valence-electron chi connectivity index (χ1n) is 13.0. The minimum Gasteiger partial charge on any atom is -0.472 e. The van der Waals surface area contributed by atoms with Crippen LogP contribution in [-0.2, 0) is 23.5 Å². The van der Waals surface area contributed by atoms with E-state index in [2.05, 4.69) is 24.9 Å². The molecule has 0 bridgehead atoms. The average Bonchev–Trinajstić information content (AvgIpc) is 3.65. The number of hydrogen-bond donors (Lipinski definition) is 1. The summed E-state index contributed by atoms with van der Waals surface area (Å²) in [5.74, 6) is 0.502. The molecule has 1 saturated heterocycles. The molecule has 0 aliphatic carbocycles. The fourth-order valence-corrected chi connectivity index (χ4v) is 5.72. The number of anilines is 1. The highest BCUT2D eigenvalue weighted by molar-refractivity contribution is 7.92. The van der Waals surface area contributed by atoms with Gasteiger partial charge in [-0.05, 0) is 31.4 Å². The SMILES string of the molecule is CCCc1oncc1C(=O)N1CCC(Oc2cc(-c3c(C)cccc3C)nc(NS(=O)(=O)c3cnn(C)c3)n2)C1. The Morgan fingerprint density at radius 1 is 1.20 bits per heavy atom. The molecule has 4 aromatic rings. The third-order valence-corrected chi connectivity index (χ3v) is 8.01. The highest BCUT2D eigenvalue weighted by Crippen LogP contribution is 2.30. The topological polar surface area (TPSA) is 145 Å². The van der Waals surface area contributed by atoms with Crippen molar-refractivity contribution in [1.29, 1.82) is 0 Å². The summed E-state index contributed by atoms with van der Waals surface area (Å²) < 4.78 is 41.4. The molecule has 1 N–H and O–H groups in total. The summed E-state index contributed by atoms with van der Waals surface area (Å²) in [6.45, 7) is 6.77. The van der Waals surface area contributed by atoms with Crippen molar-refractivity contribution in [2.24, 2.45) is 7.05 Å². The lowest BCUT2D eigenvalue weighted by Gasteiger charge is -2.18. The number of aryl methyl sites for hydroxylation is 4. The van der Waals surface area contributed by atoms with Gasteiger partial charge in [0.2, 0.25) is 11.8 Å². The van der Waals surface area contributed by atoms with E-state index in [0.29, 0.717) is 42.9 Å². The van der Waals surface area contributed by atoms with Gasteiger partial charge in [-0.25, -0.2) is 18.1 Å². The van der Waals surface area contributed by atoms with Gasteiger partial charge >= 0.3 is 0 Å². The zero-order valence-corrected chi connectivity index (χ0v) is 23.6. The third-order valence-electron chi connectivity index (χ3n) is 6.73. The first kappa shape index (κ1) is 27.3. The molecule has 210 valence electrons. The molecule has 1 aromatic carbocycles. The van der Waals surface area contributed by atoms with Crippen LogP contribution in [0.1, 0.15) is 47.0 Å². The van der Waals surface area contributed by atoms with E-state index < -0.39 is 10.0 Å². The van der Waals surface area contributed by atoms with E-state index in [4.69, 9.17) is 9.26 Å². The van der Waals surface area contributed by atoms with Crippen LogP contribution in [0, 0.1) is 13.8 Å². The number of rotatable bonds is 9. The predicted molar refractivity (Wildman–Crippen MR) is 146 cm³/mol. The van der Waals surface area contributed by atoms with Gasteiger partial charge in [-0.3, -0.25) is 9.48 Å². The number of amides is 1. The quantitative estimate of drug-likeness (QED) is 0.322. The number of likely N-dealkylation sites (tertiary alicyclic amines) is 1. The van der Waals surface area contributed by atoms with Gasteiger partial charge in [-0.15, -0.1) is 0 Å². The van der Waals surface area contributed by atoms with Crippen LogP contribution >= 0.6 is 0 Å². The van der Waals surface area contributed by atoms with Gasteiger partial charge < -0.3 is 14.2 Å². The Kier molecular flexibility index (Phi) is 7.57. The molecule has 40 heavy (non-hydrogen) atoms. The van der Waals surface area contributed by atoms with Crippen LogP contribution in [0.4, 0.5) is 5.95 Å². The van der Waals surface area contributed by atoms with Crippen LogP contribution in [0.5, 0.6) is 5.88 Å². The smallest absolute Gasteiger partial charge is 0.267 e. The summed E-state index contributed by atoms with van der Waals surface area (Å²) >= 11 is 0. The zero-order chi connectivity index (χ0) is 28.4. The van der Waals surface area contributed by atoms with E-state index in [-0.39, 0.29) is 28.7 Å². The predicted octanol–water partition coefficient (Wildman–Crippen LogP) is 3.53. The number of hydrogen-bond acceptors (Lipinski definition) is 9. The van der Waals surface area contributed by atoms with Crippen molar-refractivity contribution in [3.8, 4) is 17.1 Å². The number of ether oxygens (including phenoxy) is 1. The van der Waals surface area contributed by atoms with Gasteiger partial charge in [0.1, 0.15) is 22.3 Å². The molecular formula is C27H31N7O5S. The molecule has 0 spiro atoms. The summed E-state index contributed by atoms with van der Waals surface area (Å²) in [6, 6.07) is 7.57. The second-order valence-corrected chi connectivity index (χ2v) is 11.5. The van der Waals surface area contributed by atoms with E-state index >= 15 is 0 Å². The second-order valence-electron chi connectivity index (χ2n) is 9.83. The second kappa shape index (κ2) is 11.1. The standard InChI is InChI=1S/C27H31N7O5S/c1-5-7-23-21(14-29-39-23)26(35)34-11-10-19(15-34)38-24-12-22(25-17(2)8-6-9-18(25)3)30-27(31-24)32-40(36,37)20-13-28-33(4)16-20/h6,8-9,12-14,16,19H,5,7,10-11,15H2,1-4H3,(H,30,31,32). The summed E-state index contributed by atoms with van der Waals surface area (Å²) in [5, 5.41) is 7.75. The Morgan fingerprint density at radius 3 is 2.67 bits per heavy atom. The van der Waals surface area contributed by atoms with E-state index in [9.17, 15) is 13.2 Å². The minimum atomic E-state index is -3.99. The first-order chi connectivity index (χ1) is 19.1. The molecule has 3 aromatic heterocycles. The molecule has 1 aliphatic rings. The number of sulfonamides is 1. The van der Waals surface area contributed by atoms with E-state index in [0.717, 1.165) is 23.1 Å². The normalized spacial score (nSPS) is 15.4. The number of nitrogens with one attached hydrogen (secondary N) is 1. The van der Waals surface area contributed by atoms with Crippen LogP contribution in [0.25, 0.3) is 11.3 Å². The van der Waals surface area contributed by atoms with Crippen molar-refractivity contribution in [2.45, 2.75) is 51.0 Å². The molecule has 5 rings (SSSR count). The number of carbonyl (C=O) groups excluding carboxylic acids is 1. The lowest BCUT2D eigenvalue weighted by molar-refractivity contribution is 0.0769. The highest BCUT2D eigenvalue weighted by Gasteiger charge is 2.31. The lowest BCUT2D eigenvalue weighted by atomic mass is 10.00. The number of nitrogens with zero attached hydrogens (tertiary/aromatic N) is 6. The van der Waals surface area contributed by atoms with Crippen molar-refractivity contribution in [1.82, 2.24) is 29.8 Å². The molecule has 1 amide bonds. The fourth-order valence-electron chi connectivity index (χ4n) is 4.79. The van der Waals surface area contributed by atoms with Crippen LogP contribution in [0.3, 0.4) is 0 Å². The Hall–Kier alpha value is -4.26. The van der Waals surface area contributed by atoms with Gasteiger partial charge in [-0.2, -0.15) is 10.1 Å². The van der Waals surface area contributed by atoms with Crippen LogP contribution in [0.2, 0.25) is 0 Å². The van der Waals surface area contributed by atoms with Gasteiger partial charge in [0.15, 0.2) is 0 Å². The van der Waals surface area contributed by atoms with Crippen molar-refractivity contribution in [2.75, 3.05) is 17.8 Å². The van der Waals surface area contributed by atoms with Crippen molar-refractivity contribution < 1.29 is 22.5 Å². The van der Waals surface area contributed by atoms with Crippen LogP contribution in [-0.4, -0.2) is 63.3 Å². The Bertz CT molecular complexity index is 1630. The largest absolute Gasteiger partial charge is 0.472 e. The minimum absolute atomic E-state index is 0.0142. The summed E-state index contributed by atoms with van der Waals surface area (Å²) in [4.78, 5) is 23.7. The van der Waals surface area contributed by atoms with Crippen molar-refractivity contribution in [3.63, 3.8) is 0 Å². The Balaban J connectivity index is 1.42. The van der Waals surface area contributed by atoms with Crippen LogP contribution in [0.15, 0.2) is 52.3 Å². The molecule has 0 saturated carbocycles.